The Kier molecular flexibility index (Phi) is 5.47. The lowest BCUT2D eigenvalue weighted by Gasteiger charge is -2.33. The van der Waals surface area contributed by atoms with Crippen molar-refractivity contribution in [3.05, 3.63) is 35.4 Å². The molecular weight excluding hydrogens is 270 g/mol. The standard InChI is InChI=1S/C17H24ClNO/c1-13-4-3-5-15(12-13)6-7-17(20)19-10-8-16(9-11-19)14(2)18/h3-5,12,14,16H,6-11H2,1-2H3. The highest BCUT2D eigenvalue weighted by Gasteiger charge is 2.24. The van der Waals surface area contributed by atoms with E-state index in [9.17, 15) is 4.79 Å². The summed E-state index contributed by atoms with van der Waals surface area (Å²) in [6, 6.07) is 8.41. The highest BCUT2D eigenvalue weighted by Crippen LogP contribution is 2.24. The molecule has 1 aromatic rings. The van der Waals surface area contributed by atoms with Gasteiger partial charge < -0.3 is 4.90 Å². The molecule has 1 aliphatic heterocycles. The van der Waals surface area contributed by atoms with E-state index in [1.54, 1.807) is 0 Å². The summed E-state index contributed by atoms with van der Waals surface area (Å²) >= 11 is 6.14. The van der Waals surface area contributed by atoms with Gasteiger partial charge in [0, 0.05) is 24.9 Å². The third-order valence-electron chi connectivity index (χ3n) is 4.25. The van der Waals surface area contributed by atoms with Gasteiger partial charge in [0.05, 0.1) is 0 Å². The molecule has 0 radical (unpaired) electrons. The van der Waals surface area contributed by atoms with Crippen LogP contribution < -0.4 is 0 Å². The number of alkyl halides is 1. The fraction of sp³-hybridized carbons (Fsp3) is 0.588. The number of carbonyl (C=O) groups excluding carboxylic acids is 1. The molecule has 1 aliphatic rings. The molecule has 0 bridgehead atoms. The van der Waals surface area contributed by atoms with Crippen LogP contribution in [0, 0.1) is 12.8 Å². The van der Waals surface area contributed by atoms with Crippen LogP contribution in [0.25, 0.3) is 0 Å². The van der Waals surface area contributed by atoms with Crippen molar-refractivity contribution in [3.8, 4) is 0 Å². The van der Waals surface area contributed by atoms with E-state index in [-0.39, 0.29) is 11.3 Å². The zero-order valence-corrected chi connectivity index (χ0v) is 13.2. The van der Waals surface area contributed by atoms with Gasteiger partial charge >= 0.3 is 0 Å². The molecule has 2 rings (SSSR count). The number of piperidine rings is 1. The number of amides is 1. The maximum absolute atomic E-state index is 12.2. The number of nitrogens with zero attached hydrogens (tertiary/aromatic N) is 1. The summed E-state index contributed by atoms with van der Waals surface area (Å²) in [7, 11) is 0. The predicted octanol–water partition coefficient (Wildman–Crippen LogP) is 3.79. The summed E-state index contributed by atoms with van der Waals surface area (Å²) in [4.78, 5) is 14.2. The SMILES string of the molecule is Cc1cccc(CCC(=O)N2CCC(C(C)Cl)CC2)c1. The fourth-order valence-corrected chi connectivity index (χ4v) is 3.14. The Morgan fingerprint density at radius 2 is 2.10 bits per heavy atom. The van der Waals surface area contributed by atoms with Crippen LogP contribution >= 0.6 is 11.6 Å². The number of halogens is 1. The summed E-state index contributed by atoms with van der Waals surface area (Å²) in [6.07, 6.45) is 3.54. The Balaban J connectivity index is 1.78. The molecule has 0 aliphatic carbocycles. The number of hydrogen-bond acceptors (Lipinski definition) is 1. The van der Waals surface area contributed by atoms with E-state index < -0.39 is 0 Å². The highest BCUT2D eigenvalue weighted by atomic mass is 35.5. The van der Waals surface area contributed by atoms with Gasteiger partial charge in [-0.1, -0.05) is 29.8 Å². The van der Waals surface area contributed by atoms with Crippen LogP contribution in [0.5, 0.6) is 0 Å². The van der Waals surface area contributed by atoms with Crippen molar-refractivity contribution >= 4 is 17.5 Å². The van der Waals surface area contributed by atoms with Crippen LogP contribution in [-0.2, 0) is 11.2 Å². The molecule has 1 saturated heterocycles. The molecule has 1 unspecified atom stereocenters. The predicted molar refractivity (Wildman–Crippen MR) is 84.1 cm³/mol. The molecule has 0 saturated carbocycles. The first-order valence-corrected chi connectivity index (χ1v) is 7.97. The van der Waals surface area contributed by atoms with Gasteiger partial charge in [0.2, 0.25) is 5.91 Å². The van der Waals surface area contributed by atoms with Crippen molar-refractivity contribution in [1.82, 2.24) is 4.90 Å². The molecule has 1 fully saturated rings. The Morgan fingerprint density at radius 3 is 2.70 bits per heavy atom. The third-order valence-corrected chi connectivity index (χ3v) is 4.61. The zero-order chi connectivity index (χ0) is 14.5. The van der Waals surface area contributed by atoms with Crippen molar-refractivity contribution in [2.45, 2.75) is 44.9 Å². The molecule has 1 amide bonds. The van der Waals surface area contributed by atoms with E-state index >= 15 is 0 Å². The van der Waals surface area contributed by atoms with Gasteiger partial charge in [-0.25, -0.2) is 0 Å². The third kappa shape index (κ3) is 4.24. The van der Waals surface area contributed by atoms with Crippen LogP contribution in [0.1, 0.15) is 37.3 Å². The summed E-state index contributed by atoms with van der Waals surface area (Å²) in [5.74, 6) is 0.852. The van der Waals surface area contributed by atoms with Gasteiger partial charge in [-0.3, -0.25) is 4.79 Å². The molecular formula is C17H24ClNO. The van der Waals surface area contributed by atoms with E-state index in [4.69, 9.17) is 11.6 Å². The first-order chi connectivity index (χ1) is 9.56. The molecule has 1 aromatic carbocycles. The Morgan fingerprint density at radius 1 is 1.40 bits per heavy atom. The molecule has 0 aromatic heterocycles. The van der Waals surface area contributed by atoms with Gasteiger partial charge in [0.25, 0.3) is 0 Å². The minimum Gasteiger partial charge on any atom is -0.343 e. The van der Waals surface area contributed by atoms with Crippen LogP contribution in [0.3, 0.4) is 0 Å². The van der Waals surface area contributed by atoms with E-state index in [2.05, 4.69) is 38.1 Å². The van der Waals surface area contributed by atoms with Gasteiger partial charge in [0.1, 0.15) is 0 Å². The van der Waals surface area contributed by atoms with Gasteiger partial charge in [-0.15, -0.1) is 11.6 Å². The summed E-state index contributed by atoms with van der Waals surface area (Å²) in [6.45, 7) is 5.88. The van der Waals surface area contributed by atoms with Crippen molar-refractivity contribution in [2.24, 2.45) is 5.92 Å². The second-order valence-electron chi connectivity index (χ2n) is 5.88. The highest BCUT2D eigenvalue weighted by molar-refractivity contribution is 6.20. The van der Waals surface area contributed by atoms with E-state index in [1.165, 1.54) is 11.1 Å². The Labute approximate surface area is 127 Å². The number of benzene rings is 1. The Hall–Kier alpha value is -1.02. The first kappa shape index (κ1) is 15.4. The van der Waals surface area contributed by atoms with Crippen molar-refractivity contribution in [1.29, 1.82) is 0 Å². The quantitative estimate of drug-likeness (QED) is 0.774. The number of aryl methyl sites for hydroxylation is 2. The van der Waals surface area contributed by atoms with E-state index in [1.807, 2.05) is 4.90 Å². The molecule has 1 heterocycles. The molecule has 0 spiro atoms. The topological polar surface area (TPSA) is 20.3 Å². The largest absolute Gasteiger partial charge is 0.343 e. The maximum atomic E-state index is 12.2. The lowest BCUT2D eigenvalue weighted by Crippen LogP contribution is -2.40. The van der Waals surface area contributed by atoms with E-state index in [0.717, 1.165) is 32.4 Å². The number of hydrogen-bond donors (Lipinski definition) is 0. The van der Waals surface area contributed by atoms with Gasteiger partial charge in [-0.2, -0.15) is 0 Å². The molecule has 1 atom stereocenters. The molecule has 2 nitrogen and oxygen atoms in total. The monoisotopic (exact) mass is 293 g/mol. The molecule has 110 valence electrons. The van der Waals surface area contributed by atoms with Crippen LogP contribution in [0.15, 0.2) is 24.3 Å². The van der Waals surface area contributed by atoms with Crippen LogP contribution in [0.2, 0.25) is 0 Å². The first-order valence-electron chi connectivity index (χ1n) is 7.53. The average molecular weight is 294 g/mol. The van der Waals surface area contributed by atoms with Gasteiger partial charge in [-0.05, 0) is 44.6 Å². The lowest BCUT2D eigenvalue weighted by atomic mass is 9.93. The summed E-state index contributed by atoms with van der Waals surface area (Å²) in [5, 5.41) is 0.222. The second kappa shape index (κ2) is 7.12. The molecule has 0 N–H and O–H groups in total. The maximum Gasteiger partial charge on any atom is 0.222 e. The van der Waals surface area contributed by atoms with Crippen molar-refractivity contribution in [3.63, 3.8) is 0 Å². The lowest BCUT2D eigenvalue weighted by molar-refractivity contribution is -0.132. The minimum atomic E-state index is 0.222. The van der Waals surface area contributed by atoms with Crippen LogP contribution in [0.4, 0.5) is 0 Å². The van der Waals surface area contributed by atoms with E-state index in [0.29, 0.717) is 12.3 Å². The fourth-order valence-electron chi connectivity index (χ4n) is 2.89. The minimum absolute atomic E-state index is 0.222. The second-order valence-corrected chi connectivity index (χ2v) is 6.57. The smallest absolute Gasteiger partial charge is 0.222 e. The average Bonchev–Trinajstić information content (AvgIpc) is 2.45. The number of rotatable bonds is 4. The van der Waals surface area contributed by atoms with Crippen molar-refractivity contribution < 1.29 is 4.79 Å². The summed E-state index contributed by atoms with van der Waals surface area (Å²) < 4.78 is 0. The van der Waals surface area contributed by atoms with Gasteiger partial charge in [0.15, 0.2) is 0 Å². The van der Waals surface area contributed by atoms with Crippen LogP contribution in [-0.4, -0.2) is 29.3 Å². The Bertz CT molecular complexity index is 450. The number of carbonyl (C=O) groups is 1. The molecule has 3 heteroatoms. The summed E-state index contributed by atoms with van der Waals surface area (Å²) in [5.41, 5.74) is 2.51. The number of likely N-dealkylation sites (tertiary alicyclic amines) is 1. The zero-order valence-electron chi connectivity index (χ0n) is 12.4. The molecule has 20 heavy (non-hydrogen) atoms. The van der Waals surface area contributed by atoms with Crippen molar-refractivity contribution in [2.75, 3.05) is 13.1 Å². The normalized spacial score (nSPS) is 18.1.